The molecule has 0 saturated heterocycles. The van der Waals surface area contributed by atoms with Gasteiger partial charge >= 0.3 is 0 Å². The van der Waals surface area contributed by atoms with Gasteiger partial charge in [-0.15, -0.1) is 0 Å². The van der Waals surface area contributed by atoms with Gasteiger partial charge in [0.2, 0.25) is 0 Å². The fourth-order valence-electron chi connectivity index (χ4n) is 3.28. The molecule has 2 aromatic rings. The lowest BCUT2D eigenvalue weighted by atomic mass is 10.1. The van der Waals surface area contributed by atoms with Crippen LogP contribution >= 0.6 is 0 Å². The molecular formula is C15H12N2O2. The van der Waals surface area contributed by atoms with Gasteiger partial charge in [0, 0.05) is 18.9 Å². The predicted molar refractivity (Wildman–Crippen MR) is 70.0 cm³/mol. The number of hydrogen-bond donors (Lipinski definition) is 1. The molecule has 0 fully saturated rings. The lowest BCUT2D eigenvalue weighted by molar-refractivity contribution is 0.0922. The van der Waals surface area contributed by atoms with Crippen molar-refractivity contribution in [3.63, 3.8) is 0 Å². The molecule has 0 radical (unpaired) electrons. The van der Waals surface area contributed by atoms with Crippen LogP contribution in [0.1, 0.15) is 21.6 Å². The Bertz CT molecular complexity index is 736. The maximum absolute atomic E-state index is 12.1. The van der Waals surface area contributed by atoms with Crippen molar-refractivity contribution in [2.75, 3.05) is 0 Å². The topological polar surface area (TPSA) is 51.1 Å². The summed E-state index contributed by atoms with van der Waals surface area (Å²) >= 11 is 0. The number of hydrogen-bond acceptors (Lipinski definition) is 2. The van der Waals surface area contributed by atoms with Crippen LogP contribution in [0.25, 0.3) is 0 Å². The first kappa shape index (κ1) is 10.6. The zero-order valence-electron chi connectivity index (χ0n) is 10.2. The van der Waals surface area contributed by atoms with Crippen molar-refractivity contribution in [3.8, 4) is 0 Å². The number of nitrogens with zero attached hydrogens (tertiary/aromatic N) is 1. The molecule has 1 aromatic carbocycles. The average molecular weight is 252 g/mol. The fraction of sp³-hybridized carbons (Fsp3) is 0.200. The molecule has 4 rings (SSSR count). The van der Waals surface area contributed by atoms with Crippen LogP contribution in [0.15, 0.2) is 47.3 Å². The number of fused-ring (bicyclic) bond motifs is 3. The molecule has 2 heterocycles. The summed E-state index contributed by atoms with van der Waals surface area (Å²) in [5.41, 5.74) is 2.14. The first-order chi connectivity index (χ1) is 9.20. The number of aromatic nitrogens is 1. The van der Waals surface area contributed by atoms with E-state index in [-0.39, 0.29) is 11.5 Å². The van der Waals surface area contributed by atoms with Gasteiger partial charge in [-0.25, -0.2) is 0 Å². The van der Waals surface area contributed by atoms with Crippen molar-refractivity contribution >= 4 is 5.91 Å². The average Bonchev–Trinajstić information content (AvgIpc) is 2.89. The number of amides is 1. The van der Waals surface area contributed by atoms with Gasteiger partial charge in [-0.2, -0.15) is 0 Å². The quantitative estimate of drug-likeness (QED) is 0.761. The van der Waals surface area contributed by atoms with Crippen molar-refractivity contribution in [2.45, 2.75) is 18.5 Å². The number of carbonyl (C=O) groups excluding carboxylic acids is 1. The zero-order chi connectivity index (χ0) is 13.0. The van der Waals surface area contributed by atoms with Crippen LogP contribution in [0.2, 0.25) is 0 Å². The summed E-state index contributed by atoms with van der Waals surface area (Å²) in [6.45, 7) is 0. The molecule has 0 saturated carbocycles. The third-order valence-corrected chi connectivity index (χ3v) is 4.05. The third-order valence-electron chi connectivity index (χ3n) is 4.05. The Morgan fingerprint density at radius 1 is 0.947 bits per heavy atom. The largest absolute Gasteiger partial charge is 0.327 e. The number of nitrogens with one attached hydrogen (secondary N) is 1. The Kier molecular flexibility index (Phi) is 1.86. The Balaban J connectivity index is 1.94. The Morgan fingerprint density at radius 2 is 1.63 bits per heavy atom. The molecule has 19 heavy (non-hydrogen) atoms. The first-order valence-corrected chi connectivity index (χ1v) is 6.31. The molecule has 1 N–H and O–H groups in total. The highest BCUT2D eigenvalue weighted by Gasteiger charge is 2.46. The van der Waals surface area contributed by atoms with Gasteiger partial charge in [-0.3, -0.25) is 14.2 Å². The van der Waals surface area contributed by atoms with Crippen LogP contribution in [0.3, 0.4) is 0 Å². The fourth-order valence-corrected chi connectivity index (χ4v) is 3.28. The van der Waals surface area contributed by atoms with E-state index in [2.05, 4.69) is 17.4 Å². The number of rotatable bonds is 0. The molecule has 94 valence electrons. The van der Waals surface area contributed by atoms with Gasteiger partial charge in [0.15, 0.2) is 0 Å². The number of benzene rings is 1. The summed E-state index contributed by atoms with van der Waals surface area (Å²) in [6.07, 6.45) is 1.34. The summed E-state index contributed by atoms with van der Waals surface area (Å²) in [4.78, 5) is 24.2. The van der Waals surface area contributed by atoms with E-state index in [9.17, 15) is 9.59 Å². The molecular weight excluding hydrogens is 240 g/mol. The summed E-state index contributed by atoms with van der Waals surface area (Å²) in [5, 5.41) is 3.01. The highest BCUT2D eigenvalue weighted by Crippen LogP contribution is 2.36. The lowest BCUT2D eigenvalue weighted by Crippen LogP contribution is -2.48. The lowest BCUT2D eigenvalue weighted by Gasteiger charge is -2.26. The normalized spacial score (nSPS) is 18.2. The van der Waals surface area contributed by atoms with Crippen LogP contribution in [0.5, 0.6) is 0 Å². The van der Waals surface area contributed by atoms with E-state index in [0.717, 1.165) is 0 Å². The monoisotopic (exact) mass is 252 g/mol. The second kappa shape index (κ2) is 3.35. The molecule has 0 bridgehead atoms. The smallest absolute Gasteiger partial charge is 0.269 e. The van der Waals surface area contributed by atoms with E-state index < -0.39 is 5.66 Å². The standard InChI is InChI=1S/C15H12N2O2/c18-13-7-3-6-12-14(19)16-15(17(12)13)8-10-4-1-2-5-11(10)9-15/h1-7H,8-9H2,(H,16,19). The minimum absolute atomic E-state index is 0.122. The second-order valence-electron chi connectivity index (χ2n) is 5.19. The van der Waals surface area contributed by atoms with Gasteiger partial charge in [-0.05, 0) is 17.2 Å². The van der Waals surface area contributed by atoms with Crippen LogP contribution in [-0.2, 0) is 18.5 Å². The van der Waals surface area contributed by atoms with Crippen LogP contribution in [-0.4, -0.2) is 10.5 Å². The Hall–Kier alpha value is -2.36. The molecule has 4 heteroatoms. The maximum Gasteiger partial charge on any atom is 0.269 e. The predicted octanol–water partition coefficient (Wildman–Crippen LogP) is 1.04. The van der Waals surface area contributed by atoms with Crippen LogP contribution in [0.4, 0.5) is 0 Å². The molecule has 1 aliphatic heterocycles. The maximum atomic E-state index is 12.1. The summed E-state index contributed by atoms with van der Waals surface area (Å²) in [6, 6.07) is 12.9. The molecule has 2 aliphatic rings. The molecule has 4 nitrogen and oxygen atoms in total. The molecule has 1 amide bonds. The minimum atomic E-state index is -0.603. The van der Waals surface area contributed by atoms with Gasteiger partial charge in [0.1, 0.15) is 11.4 Å². The molecule has 0 unspecified atom stereocenters. The highest BCUT2D eigenvalue weighted by atomic mass is 16.2. The summed E-state index contributed by atoms with van der Waals surface area (Å²) in [7, 11) is 0. The minimum Gasteiger partial charge on any atom is -0.327 e. The Morgan fingerprint density at radius 3 is 2.32 bits per heavy atom. The van der Waals surface area contributed by atoms with E-state index in [1.54, 1.807) is 16.7 Å². The zero-order valence-corrected chi connectivity index (χ0v) is 10.2. The third kappa shape index (κ3) is 1.28. The number of pyridine rings is 1. The van der Waals surface area contributed by atoms with Crippen LogP contribution in [0, 0.1) is 0 Å². The van der Waals surface area contributed by atoms with Gasteiger partial charge in [0.25, 0.3) is 11.5 Å². The SMILES string of the molecule is O=C1NC2(Cc3ccccc3C2)n2c1cccc2=O. The molecule has 1 aliphatic carbocycles. The molecule has 1 aromatic heterocycles. The van der Waals surface area contributed by atoms with E-state index in [4.69, 9.17) is 0 Å². The number of carbonyl (C=O) groups is 1. The van der Waals surface area contributed by atoms with Crippen molar-refractivity contribution < 1.29 is 4.79 Å². The van der Waals surface area contributed by atoms with Gasteiger partial charge in [-0.1, -0.05) is 30.3 Å². The second-order valence-corrected chi connectivity index (χ2v) is 5.19. The van der Waals surface area contributed by atoms with Crippen molar-refractivity contribution in [2.24, 2.45) is 0 Å². The summed E-state index contributed by atoms with van der Waals surface area (Å²) in [5.74, 6) is -0.162. The highest BCUT2D eigenvalue weighted by molar-refractivity contribution is 5.95. The van der Waals surface area contributed by atoms with E-state index >= 15 is 0 Å². The van der Waals surface area contributed by atoms with Crippen molar-refractivity contribution in [3.05, 3.63) is 69.6 Å². The summed E-state index contributed by atoms with van der Waals surface area (Å²) < 4.78 is 1.62. The first-order valence-electron chi connectivity index (χ1n) is 6.31. The van der Waals surface area contributed by atoms with E-state index in [1.165, 1.54) is 17.2 Å². The molecule has 0 atom stereocenters. The van der Waals surface area contributed by atoms with Gasteiger partial charge in [0.05, 0.1) is 0 Å². The van der Waals surface area contributed by atoms with Crippen molar-refractivity contribution in [1.82, 2.24) is 9.88 Å². The van der Waals surface area contributed by atoms with Crippen LogP contribution < -0.4 is 10.9 Å². The van der Waals surface area contributed by atoms with Gasteiger partial charge < -0.3 is 5.32 Å². The molecule has 1 spiro atoms. The van der Waals surface area contributed by atoms with E-state index in [1.807, 2.05) is 12.1 Å². The Labute approximate surface area is 109 Å². The van der Waals surface area contributed by atoms with E-state index in [0.29, 0.717) is 18.5 Å². The van der Waals surface area contributed by atoms with Crippen molar-refractivity contribution in [1.29, 1.82) is 0 Å².